The van der Waals surface area contributed by atoms with Gasteiger partial charge in [-0.3, -0.25) is 13.8 Å². The van der Waals surface area contributed by atoms with E-state index in [0.29, 0.717) is 17.4 Å². The van der Waals surface area contributed by atoms with Crippen molar-refractivity contribution in [3.8, 4) is 0 Å². The van der Waals surface area contributed by atoms with Crippen LogP contribution in [-0.2, 0) is 18.4 Å². The molecule has 0 aromatic carbocycles. The van der Waals surface area contributed by atoms with Crippen molar-refractivity contribution in [2.24, 2.45) is 0 Å². The molecule has 50 heavy (non-hydrogen) atoms. The molecule has 0 radical (unpaired) electrons. The van der Waals surface area contributed by atoms with Gasteiger partial charge < -0.3 is 19.8 Å². The predicted molar refractivity (Wildman–Crippen MR) is 212 cm³/mol. The highest BCUT2D eigenvalue weighted by Crippen LogP contribution is 2.43. The number of rotatable bonds is 36. The number of allylic oxidation sites excluding steroid dienone is 5. The van der Waals surface area contributed by atoms with Gasteiger partial charge in [0.25, 0.3) is 0 Å². The SMILES string of the molecule is CCCCCCCC/C=C/CCCCCCCC(=O)N[C@@H](COP(=O)(O)OCC[N+](C)(C)C)[C@H](O)/C=C/CC/C=C/CCCCCCCCC. The zero-order valence-electron chi connectivity index (χ0n) is 33.1. The van der Waals surface area contributed by atoms with Crippen LogP contribution in [0.15, 0.2) is 36.5 Å². The van der Waals surface area contributed by atoms with Gasteiger partial charge in [-0.1, -0.05) is 140 Å². The highest BCUT2D eigenvalue weighted by atomic mass is 31.2. The summed E-state index contributed by atoms with van der Waals surface area (Å²) in [5, 5.41) is 13.7. The number of hydrogen-bond acceptors (Lipinski definition) is 5. The highest BCUT2D eigenvalue weighted by Gasteiger charge is 2.27. The summed E-state index contributed by atoms with van der Waals surface area (Å²) in [5.41, 5.74) is 0. The Kier molecular flexibility index (Phi) is 32.7. The maximum atomic E-state index is 12.8. The molecule has 3 N–H and O–H groups in total. The first-order chi connectivity index (χ1) is 24.0. The molecule has 0 aromatic heterocycles. The molecule has 0 aliphatic carbocycles. The quantitative estimate of drug-likeness (QED) is 0.0257. The van der Waals surface area contributed by atoms with Gasteiger partial charge in [0.05, 0.1) is 39.9 Å². The number of carbonyl (C=O) groups excluding carboxylic acids is 1. The lowest BCUT2D eigenvalue weighted by Crippen LogP contribution is -2.45. The van der Waals surface area contributed by atoms with E-state index in [4.69, 9.17) is 9.05 Å². The number of aliphatic hydroxyl groups excluding tert-OH is 1. The molecule has 8 nitrogen and oxygen atoms in total. The number of phosphoric ester groups is 1. The summed E-state index contributed by atoms with van der Waals surface area (Å²) < 4.78 is 23.5. The van der Waals surface area contributed by atoms with Crippen molar-refractivity contribution in [3.63, 3.8) is 0 Å². The fraction of sp³-hybridized carbons (Fsp3) is 0.829. The Morgan fingerprint density at radius 3 is 1.60 bits per heavy atom. The topological polar surface area (TPSA) is 105 Å². The first-order valence-electron chi connectivity index (χ1n) is 20.4. The standard InChI is InChI=1S/C41H79N2O6P/c1-6-8-10-12-14-16-18-20-21-23-25-27-29-31-33-35-41(45)42-39(38-49-50(46,47)48-37-36-43(3,4)5)40(44)34-32-30-28-26-24-22-19-17-15-13-11-9-7-2/h20-21,24,26,32,34,39-40,44H,6-19,22-23,25,27-31,33,35-38H2,1-5H3,(H-,42,45,46,47)/p+1/b21-20+,26-24+,34-32+/t39-,40+/m0/s1. The summed E-state index contributed by atoms with van der Waals surface area (Å²) in [6.07, 6.45) is 39.2. The predicted octanol–water partition coefficient (Wildman–Crippen LogP) is 10.7. The average molecular weight is 728 g/mol. The molecule has 0 bridgehead atoms. The van der Waals surface area contributed by atoms with Crippen molar-refractivity contribution < 1.29 is 32.9 Å². The Labute approximate surface area is 308 Å². The molecule has 0 aliphatic rings. The maximum absolute atomic E-state index is 12.8. The second kappa shape index (κ2) is 33.5. The number of phosphoric acid groups is 1. The number of aliphatic hydroxyl groups is 1. The number of quaternary nitrogens is 1. The Balaban J connectivity index is 4.56. The number of unbranched alkanes of at least 4 members (excludes halogenated alkanes) is 19. The molecule has 0 rings (SSSR count). The molecule has 294 valence electrons. The van der Waals surface area contributed by atoms with E-state index in [9.17, 15) is 19.4 Å². The van der Waals surface area contributed by atoms with E-state index < -0.39 is 20.0 Å². The summed E-state index contributed by atoms with van der Waals surface area (Å²) in [6.45, 7) is 4.75. The van der Waals surface area contributed by atoms with Crippen LogP contribution >= 0.6 is 7.82 Å². The highest BCUT2D eigenvalue weighted by molar-refractivity contribution is 7.47. The first kappa shape index (κ1) is 48.7. The summed E-state index contributed by atoms with van der Waals surface area (Å²) in [6, 6.07) is -0.864. The van der Waals surface area contributed by atoms with Crippen LogP contribution in [-0.4, -0.2) is 73.4 Å². The number of nitrogens with one attached hydrogen (secondary N) is 1. The number of nitrogens with zero attached hydrogens (tertiary/aromatic N) is 1. The van der Waals surface area contributed by atoms with Gasteiger partial charge in [-0.15, -0.1) is 0 Å². The molecule has 0 fully saturated rings. The van der Waals surface area contributed by atoms with Crippen LogP contribution in [0.25, 0.3) is 0 Å². The fourth-order valence-electron chi connectivity index (χ4n) is 5.52. The molecule has 0 saturated heterocycles. The van der Waals surface area contributed by atoms with E-state index >= 15 is 0 Å². The molecule has 9 heteroatoms. The van der Waals surface area contributed by atoms with Gasteiger partial charge in [0.15, 0.2) is 0 Å². The summed E-state index contributed by atoms with van der Waals surface area (Å²) in [5.74, 6) is -0.198. The maximum Gasteiger partial charge on any atom is 0.472 e. The number of likely N-dealkylation sites (N-methyl/N-ethyl adjacent to an activating group) is 1. The molecular formula is C41H80N2O6P+. The molecule has 1 amide bonds. The lowest BCUT2D eigenvalue weighted by molar-refractivity contribution is -0.870. The molecule has 0 saturated carbocycles. The van der Waals surface area contributed by atoms with Crippen molar-refractivity contribution in [1.29, 1.82) is 0 Å². The zero-order chi connectivity index (χ0) is 37.2. The molecule has 0 spiro atoms. The van der Waals surface area contributed by atoms with Crippen molar-refractivity contribution in [3.05, 3.63) is 36.5 Å². The molecule has 3 atom stereocenters. The van der Waals surface area contributed by atoms with Crippen LogP contribution in [0.1, 0.15) is 168 Å². The Morgan fingerprint density at radius 2 is 1.10 bits per heavy atom. The van der Waals surface area contributed by atoms with Gasteiger partial charge in [0.1, 0.15) is 13.2 Å². The van der Waals surface area contributed by atoms with Gasteiger partial charge in [0.2, 0.25) is 5.91 Å². The summed E-state index contributed by atoms with van der Waals surface area (Å²) in [7, 11) is 1.54. The van der Waals surface area contributed by atoms with E-state index in [1.807, 2.05) is 27.2 Å². The second-order valence-corrected chi connectivity index (χ2v) is 16.5. The second-order valence-electron chi connectivity index (χ2n) is 15.0. The van der Waals surface area contributed by atoms with Crippen molar-refractivity contribution in [1.82, 2.24) is 5.32 Å². The van der Waals surface area contributed by atoms with Gasteiger partial charge in [-0.25, -0.2) is 4.57 Å². The van der Waals surface area contributed by atoms with Gasteiger partial charge >= 0.3 is 7.82 Å². The van der Waals surface area contributed by atoms with E-state index in [0.717, 1.165) is 51.4 Å². The molecule has 0 aromatic rings. The molecule has 0 aliphatic heterocycles. The summed E-state index contributed by atoms with van der Waals surface area (Å²) in [4.78, 5) is 23.0. The van der Waals surface area contributed by atoms with Crippen molar-refractivity contribution >= 4 is 13.7 Å². The third-order valence-electron chi connectivity index (χ3n) is 8.83. The number of amides is 1. The third-order valence-corrected chi connectivity index (χ3v) is 9.82. The largest absolute Gasteiger partial charge is 0.472 e. The van der Waals surface area contributed by atoms with Gasteiger partial charge in [-0.05, 0) is 57.8 Å². The lowest BCUT2D eigenvalue weighted by atomic mass is 10.1. The minimum absolute atomic E-state index is 0.0543. The van der Waals surface area contributed by atoms with Crippen molar-refractivity contribution in [2.45, 2.75) is 180 Å². The smallest absolute Gasteiger partial charge is 0.387 e. The molecular weight excluding hydrogens is 647 g/mol. The monoisotopic (exact) mass is 728 g/mol. The minimum Gasteiger partial charge on any atom is -0.387 e. The third kappa shape index (κ3) is 35.1. The van der Waals surface area contributed by atoms with Crippen LogP contribution in [0.5, 0.6) is 0 Å². The van der Waals surface area contributed by atoms with E-state index in [2.05, 4.69) is 43.5 Å². The number of carbonyl (C=O) groups is 1. The first-order valence-corrected chi connectivity index (χ1v) is 21.9. The van der Waals surface area contributed by atoms with Crippen LogP contribution in [0, 0.1) is 0 Å². The number of hydrogen-bond donors (Lipinski definition) is 3. The minimum atomic E-state index is -4.34. The van der Waals surface area contributed by atoms with Crippen LogP contribution in [0.4, 0.5) is 0 Å². The van der Waals surface area contributed by atoms with Gasteiger partial charge in [-0.2, -0.15) is 0 Å². The van der Waals surface area contributed by atoms with Crippen LogP contribution in [0.2, 0.25) is 0 Å². The Bertz CT molecular complexity index is 917. The zero-order valence-corrected chi connectivity index (χ0v) is 34.0. The average Bonchev–Trinajstić information content (AvgIpc) is 3.06. The normalized spacial score (nSPS) is 14.9. The summed E-state index contributed by atoms with van der Waals surface area (Å²) >= 11 is 0. The van der Waals surface area contributed by atoms with Crippen LogP contribution < -0.4 is 5.32 Å². The van der Waals surface area contributed by atoms with E-state index in [1.165, 1.54) is 96.3 Å². The Hall–Kier alpha value is -1.28. The molecule has 1 unspecified atom stereocenters. The lowest BCUT2D eigenvalue weighted by Gasteiger charge is -2.25. The van der Waals surface area contributed by atoms with E-state index in [1.54, 1.807) is 6.08 Å². The fourth-order valence-corrected chi connectivity index (χ4v) is 6.26. The van der Waals surface area contributed by atoms with Crippen LogP contribution in [0.3, 0.4) is 0 Å². The van der Waals surface area contributed by atoms with E-state index in [-0.39, 0.29) is 19.1 Å². The van der Waals surface area contributed by atoms with Gasteiger partial charge in [0, 0.05) is 6.42 Å². The van der Waals surface area contributed by atoms with Crippen molar-refractivity contribution in [2.75, 3.05) is 40.9 Å². The Morgan fingerprint density at radius 1 is 0.660 bits per heavy atom. The molecule has 0 heterocycles.